The van der Waals surface area contributed by atoms with Crippen molar-refractivity contribution in [2.24, 2.45) is 0 Å². The second-order valence-electron chi connectivity index (χ2n) is 7.59. The van der Waals surface area contributed by atoms with Crippen molar-refractivity contribution >= 4 is 39.1 Å². The quantitative estimate of drug-likeness (QED) is 0.244. The molecule has 4 rings (SSSR count). The van der Waals surface area contributed by atoms with Crippen LogP contribution >= 0.6 is 15.9 Å². The van der Waals surface area contributed by atoms with Crippen molar-refractivity contribution in [1.82, 2.24) is 0 Å². The van der Waals surface area contributed by atoms with Crippen LogP contribution in [-0.4, -0.2) is 23.2 Å². The third kappa shape index (κ3) is 4.56. The van der Waals surface area contributed by atoms with Gasteiger partial charge in [0.25, 0.3) is 11.7 Å². The highest BCUT2D eigenvalue weighted by atomic mass is 79.9. The number of carbonyl (C=O) groups is 2. The van der Waals surface area contributed by atoms with E-state index in [0.717, 1.165) is 27.1 Å². The van der Waals surface area contributed by atoms with Crippen LogP contribution in [0.3, 0.4) is 0 Å². The zero-order valence-corrected chi connectivity index (χ0v) is 19.2. The van der Waals surface area contributed by atoms with Gasteiger partial charge in [-0.15, -0.1) is 13.2 Å². The summed E-state index contributed by atoms with van der Waals surface area (Å²) < 4.78 is 42.3. The van der Waals surface area contributed by atoms with Crippen LogP contribution in [0.2, 0.25) is 0 Å². The fourth-order valence-electron chi connectivity index (χ4n) is 3.81. The van der Waals surface area contributed by atoms with Gasteiger partial charge in [-0.1, -0.05) is 52.3 Å². The van der Waals surface area contributed by atoms with E-state index in [0.29, 0.717) is 11.1 Å². The fraction of sp³-hybridized carbons (Fsp3) is 0.120. The number of aryl methyl sites for hydroxylation is 1. The highest BCUT2D eigenvalue weighted by Crippen LogP contribution is 2.42. The largest absolute Gasteiger partial charge is 0.573 e. The number of alkyl halides is 3. The van der Waals surface area contributed by atoms with Crippen LogP contribution in [0.25, 0.3) is 5.76 Å². The van der Waals surface area contributed by atoms with Crippen LogP contribution in [0, 0.1) is 6.92 Å². The van der Waals surface area contributed by atoms with Gasteiger partial charge in [-0.25, -0.2) is 0 Å². The van der Waals surface area contributed by atoms with E-state index in [9.17, 15) is 27.9 Å². The van der Waals surface area contributed by atoms with Gasteiger partial charge in [-0.05, 0) is 54.4 Å². The summed E-state index contributed by atoms with van der Waals surface area (Å²) in [6, 6.07) is 17.3. The molecule has 3 aromatic rings. The lowest BCUT2D eigenvalue weighted by atomic mass is 9.95. The Labute approximate surface area is 201 Å². The van der Waals surface area contributed by atoms with Crippen molar-refractivity contribution in [3.63, 3.8) is 0 Å². The van der Waals surface area contributed by atoms with Gasteiger partial charge in [0.05, 0.1) is 11.6 Å². The molecule has 1 heterocycles. The van der Waals surface area contributed by atoms with Gasteiger partial charge >= 0.3 is 6.36 Å². The van der Waals surface area contributed by atoms with Crippen LogP contribution in [0.1, 0.15) is 22.7 Å². The molecule has 5 nitrogen and oxygen atoms in total. The monoisotopic (exact) mass is 531 g/mol. The number of carbonyl (C=O) groups excluding carboxylic acids is 2. The van der Waals surface area contributed by atoms with E-state index in [-0.39, 0.29) is 17.0 Å². The summed E-state index contributed by atoms with van der Waals surface area (Å²) in [5.41, 5.74) is 1.78. The third-order valence-corrected chi connectivity index (χ3v) is 6.23. The van der Waals surface area contributed by atoms with E-state index < -0.39 is 29.8 Å². The first-order valence-electron chi connectivity index (χ1n) is 10.0. The highest BCUT2D eigenvalue weighted by molar-refractivity contribution is 9.10. The molecule has 0 saturated carbocycles. The van der Waals surface area contributed by atoms with Gasteiger partial charge in [0.15, 0.2) is 0 Å². The van der Waals surface area contributed by atoms with Crippen molar-refractivity contribution < 1.29 is 32.6 Å². The minimum Gasteiger partial charge on any atom is -0.507 e. The van der Waals surface area contributed by atoms with E-state index >= 15 is 0 Å². The summed E-state index contributed by atoms with van der Waals surface area (Å²) in [6.45, 7) is 1.82. The molecule has 0 bridgehead atoms. The zero-order valence-electron chi connectivity index (χ0n) is 17.6. The molecule has 1 aliphatic rings. The normalized spacial score (nSPS) is 17.8. The second-order valence-corrected chi connectivity index (χ2v) is 8.44. The molecule has 1 saturated heterocycles. The Morgan fingerprint density at radius 2 is 1.65 bits per heavy atom. The molecule has 174 valence electrons. The number of aliphatic hydroxyl groups is 1. The predicted molar refractivity (Wildman–Crippen MR) is 123 cm³/mol. The van der Waals surface area contributed by atoms with E-state index in [1.54, 1.807) is 48.5 Å². The van der Waals surface area contributed by atoms with Crippen molar-refractivity contribution in [2.75, 3.05) is 4.90 Å². The first kappa shape index (κ1) is 23.6. The summed E-state index contributed by atoms with van der Waals surface area (Å²) in [5.74, 6) is -2.62. The zero-order chi connectivity index (χ0) is 24.6. The second kappa shape index (κ2) is 8.98. The molecule has 9 heteroatoms. The van der Waals surface area contributed by atoms with Crippen molar-refractivity contribution in [2.45, 2.75) is 19.3 Å². The molecular formula is C25H17BrF3NO4. The van der Waals surface area contributed by atoms with Crippen LogP contribution in [-0.2, 0) is 9.59 Å². The number of benzene rings is 3. The summed E-state index contributed by atoms with van der Waals surface area (Å²) in [5, 5.41) is 11.1. The standard InChI is InChI=1S/C25H17BrF3NO4/c1-14-13-16(7-12-19(14)26)22(31)20-21(15-5-3-2-4-6-15)30(24(33)23(20)32)17-8-10-18(11-9-17)34-25(27,28)29/h2-13,21,31H,1H3/b22-20-. The summed E-state index contributed by atoms with van der Waals surface area (Å²) >= 11 is 3.39. The smallest absolute Gasteiger partial charge is 0.507 e. The van der Waals surface area contributed by atoms with Crippen molar-refractivity contribution in [1.29, 1.82) is 0 Å². The van der Waals surface area contributed by atoms with E-state index in [2.05, 4.69) is 20.7 Å². The Hall–Kier alpha value is -3.59. The molecule has 1 amide bonds. The third-order valence-electron chi connectivity index (χ3n) is 5.34. The minimum atomic E-state index is -4.86. The lowest BCUT2D eigenvalue weighted by molar-refractivity contribution is -0.274. The van der Waals surface area contributed by atoms with E-state index in [1.807, 2.05) is 6.92 Å². The average molecular weight is 532 g/mol. The van der Waals surface area contributed by atoms with Crippen LogP contribution in [0.4, 0.5) is 18.9 Å². The summed E-state index contributed by atoms with van der Waals surface area (Å²) in [7, 11) is 0. The molecule has 0 aliphatic carbocycles. The number of hydrogen-bond acceptors (Lipinski definition) is 4. The fourth-order valence-corrected chi connectivity index (χ4v) is 4.05. The molecule has 1 atom stereocenters. The SMILES string of the molecule is Cc1cc(/C(O)=C2/C(=O)C(=O)N(c3ccc(OC(F)(F)F)cc3)C2c2ccccc2)ccc1Br. The number of rotatable bonds is 4. The molecule has 1 N–H and O–H groups in total. The van der Waals surface area contributed by atoms with Crippen molar-refractivity contribution in [3.05, 3.63) is 99.5 Å². The van der Waals surface area contributed by atoms with Gasteiger partial charge in [0.2, 0.25) is 0 Å². The van der Waals surface area contributed by atoms with Crippen LogP contribution < -0.4 is 9.64 Å². The number of halogens is 4. The highest BCUT2D eigenvalue weighted by Gasteiger charge is 2.47. The maximum absolute atomic E-state index is 13.1. The topological polar surface area (TPSA) is 66.8 Å². The Morgan fingerprint density at radius 1 is 1.00 bits per heavy atom. The van der Waals surface area contributed by atoms with E-state index in [4.69, 9.17) is 0 Å². The molecule has 0 aromatic heterocycles. The number of amides is 1. The number of Topliss-reactive ketones (excluding diaryl/α,β-unsaturated/α-hetero) is 1. The Bertz CT molecular complexity index is 1290. The number of nitrogens with zero attached hydrogens (tertiary/aromatic N) is 1. The first-order valence-corrected chi connectivity index (χ1v) is 10.8. The molecule has 1 unspecified atom stereocenters. The molecule has 0 spiro atoms. The summed E-state index contributed by atoms with van der Waals surface area (Å²) in [4.78, 5) is 27.3. The van der Waals surface area contributed by atoms with E-state index in [1.165, 1.54) is 12.1 Å². The molecule has 0 radical (unpaired) electrons. The molecule has 34 heavy (non-hydrogen) atoms. The molecular weight excluding hydrogens is 515 g/mol. The lowest BCUT2D eigenvalue weighted by Crippen LogP contribution is -2.29. The Morgan fingerprint density at radius 3 is 2.24 bits per heavy atom. The summed E-state index contributed by atoms with van der Waals surface area (Å²) in [6.07, 6.45) is -4.86. The average Bonchev–Trinajstić information content (AvgIpc) is 3.06. The molecule has 1 fully saturated rings. The Kier molecular flexibility index (Phi) is 6.22. The maximum atomic E-state index is 13.1. The van der Waals surface area contributed by atoms with Gasteiger partial charge in [0.1, 0.15) is 11.5 Å². The van der Waals surface area contributed by atoms with Crippen LogP contribution in [0.5, 0.6) is 5.75 Å². The van der Waals surface area contributed by atoms with Gasteiger partial charge in [-0.3, -0.25) is 14.5 Å². The number of ether oxygens (including phenoxy) is 1. The minimum absolute atomic E-state index is 0.117. The van der Waals surface area contributed by atoms with Gasteiger partial charge < -0.3 is 9.84 Å². The number of anilines is 1. The number of hydrogen-bond donors (Lipinski definition) is 1. The number of ketones is 1. The van der Waals surface area contributed by atoms with Crippen molar-refractivity contribution in [3.8, 4) is 5.75 Å². The van der Waals surface area contributed by atoms with Gasteiger partial charge in [0, 0.05) is 15.7 Å². The predicted octanol–water partition coefficient (Wildman–Crippen LogP) is 6.28. The maximum Gasteiger partial charge on any atom is 0.573 e. The van der Waals surface area contributed by atoms with Crippen LogP contribution in [0.15, 0.2) is 82.8 Å². The first-order chi connectivity index (χ1) is 16.1. The lowest BCUT2D eigenvalue weighted by Gasteiger charge is -2.25. The number of aliphatic hydroxyl groups excluding tert-OH is 1. The van der Waals surface area contributed by atoms with Gasteiger partial charge in [-0.2, -0.15) is 0 Å². The molecule has 3 aromatic carbocycles. The molecule has 1 aliphatic heterocycles. The Balaban J connectivity index is 1.85.